The summed E-state index contributed by atoms with van der Waals surface area (Å²) in [6.45, 7) is 17.9. The third-order valence-corrected chi connectivity index (χ3v) is 11.6. The summed E-state index contributed by atoms with van der Waals surface area (Å²) in [6, 6.07) is 0.345. The zero-order valence-corrected chi connectivity index (χ0v) is 44.9. The maximum absolute atomic E-state index is 14.1. The first-order valence-electron chi connectivity index (χ1n) is 25.0. The molecule has 0 bridgehead atoms. The minimum Gasteiger partial charge on any atom is -0.444 e. The van der Waals surface area contributed by atoms with Crippen LogP contribution in [0.4, 0.5) is 19.2 Å². The predicted octanol–water partition coefficient (Wildman–Crippen LogP) is 0.978. The lowest BCUT2D eigenvalue weighted by Crippen LogP contribution is -2.70. The van der Waals surface area contributed by atoms with E-state index in [1.54, 1.807) is 95.2 Å². The minimum atomic E-state index is -2.06. The molecule has 2 fully saturated rings. The second-order valence-corrected chi connectivity index (χ2v) is 22.8. The van der Waals surface area contributed by atoms with Gasteiger partial charge in [-0.05, 0) is 102 Å². The summed E-state index contributed by atoms with van der Waals surface area (Å²) in [5.74, 6) is -2.39. The van der Waals surface area contributed by atoms with E-state index in [1.807, 2.05) is 0 Å². The fourth-order valence-electron chi connectivity index (χ4n) is 8.45. The van der Waals surface area contributed by atoms with E-state index in [0.717, 1.165) is 4.90 Å². The highest BCUT2D eigenvalue weighted by molar-refractivity contribution is 6.21. The van der Waals surface area contributed by atoms with Gasteiger partial charge >= 0.3 is 24.4 Å². The van der Waals surface area contributed by atoms with E-state index in [1.165, 1.54) is 24.3 Å². The molecule has 10 N–H and O–H groups in total. The molecule has 1 aliphatic carbocycles. The highest BCUT2D eigenvalue weighted by Gasteiger charge is 2.54. The SMILES string of the molecule is CC(C)(C)OC(=O)NCC1C=CC(NC(=O)OC(C)(C)C)C(OC2C(NC(=O)OC(C)(C)C)CC(NC(=O)C(O)CCN3C(=O)c4ccccc4C3=O)C(OC3OC(CO)C(O)C(NC(=O)OC(C)(C)C)C3O)C2O)O1. The molecule has 4 aliphatic rings. The molecule has 0 aromatic heterocycles. The Hall–Kier alpha value is -5.71. The van der Waals surface area contributed by atoms with E-state index in [4.69, 9.17) is 37.9 Å². The molecule has 0 spiro atoms. The van der Waals surface area contributed by atoms with Crippen molar-refractivity contribution in [1.29, 1.82) is 0 Å². The van der Waals surface area contributed by atoms with Crippen molar-refractivity contribution in [3.8, 4) is 0 Å². The first-order chi connectivity index (χ1) is 35.1. The second-order valence-electron chi connectivity index (χ2n) is 22.8. The molecule has 5 rings (SSSR count). The van der Waals surface area contributed by atoms with Crippen LogP contribution in [0.3, 0.4) is 0 Å². The Balaban J connectivity index is 1.52. The lowest BCUT2D eigenvalue weighted by Gasteiger charge is -2.49. The van der Waals surface area contributed by atoms with E-state index in [2.05, 4.69) is 26.6 Å². The number of amides is 7. The Morgan fingerprint density at radius 3 is 1.66 bits per heavy atom. The number of aliphatic hydroxyl groups is 5. The van der Waals surface area contributed by atoms with Crippen LogP contribution in [0.2, 0.25) is 0 Å². The van der Waals surface area contributed by atoms with E-state index < -0.39 is 176 Å². The van der Waals surface area contributed by atoms with Crippen molar-refractivity contribution in [2.75, 3.05) is 19.7 Å². The number of imide groups is 1. The topological polar surface area (TPSA) is 358 Å². The van der Waals surface area contributed by atoms with E-state index in [0.29, 0.717) is 0 Å². The molecule has 3 heterocycles. The predicted molar refractivity (Wildman–Crippen MR) is 264 cm³/mol. The lowest BCUT2D eigenvalue weighted by atomic mass is 9.83. The molecule has 7 amide bonds. The van der Waals surface area contributed by atoms with Crippen LogP contribution in [-0.2, 0) is 42.7 Å². The van der Waals surface area contributed by atoms with Crippen molar-refractivity contribution in [3.05, 3.63) is 47.5 Å². The molecule has 1 saturated carbocycles. The summed E-state index contributed by atoms with van der Waals surface area (Å²) in [4.78, 5) is 93.7. The quantitative estimate of drug-likeness (QED) is 0.0665. The number of hydrogen-bond acceptors (Lipinski definition) is 20. The summed E-state index contributed by atoms with van der Waals surface area (Å²) in [6.07, 6.45) is -19.0. The average molecular weight is 1080 g/mol. The highest BCUT2D eigenvalue weighted by atomic mass is 16.7. The van der Waals surface area contributed by atoms with E-state index >= 15 is 0 Å². The van der Waals surface area contributed by atoms with Gasteiger partial charge in [-0.1, -0.05) is 24.3 Å². The highest BCUT2D eigenvalue weighted by Crippen LogP contribution is 2.33. The molecule has 0 radical (unpaired) electrons. The van der Waals surface area contributed by atoms with Crippen LogP contribution in [0, 0.1) is 0 Å². The van der Waals surface area contributed by atoms with Crippen LogP contribution in [-0.4, -0.2) is 200 Å². The van der Waals surface area contributed by atoms with Crippen molar-refractivity contribution in [1.82, 2.24) is 31.5 Å². The van der Waals surface area contributed by atoms with Gasteiger partial charge in [0.1, 0.15) is 71.2 Å². The number of alkyl carbamates (subject to hydrolysis) is 4. The van der Waals surface area contributed by atoms with Crippen LogP contribution < -0.4 is 26.6 Å². The second kappa shape index (κ2) is 24.7. The summed E-state index contributed by atoms with van der Waals surface area (Å²) >= 11 is 0. The van der Waals surface area contributed by atoms with Crippen LogP contribution in [0.25, 0.3) is 0 Å². The standard InChI is InChI=1S/C50H76N6O20/c1-47(2,3)73-43(65)51-22-24-17-18-27(53-44(66)74-48(4,5)6)41(69-24)71-37-29(54-45(67)75-49(7,8)9)21-28(52-38(62)30(58)19-20-56-39(63)25-15-13-14-16-26(25)40(56)64)36(35(37)61)72-42-34(60)32(33(59)31(23-57)70-42)55-46(68)76-50(10,11)12/h13-18,24,27-37,41-42,57-61H,19-23H2,1-12H3,(H,51,65)(H,52,62)(H,53,66)(H,54,67)(H,55,68). The number of benzene rings is 1. The Morgan fingerprint density at radius 1 is 0.645 bits per heavy atom. The van der Waals surface area contributed by atoms with Gasteiger partial charge in [0.05, 0.1) is 48.5 Å². The summed E-state index contributed by atoms with van der Waals surface area (Å²) in [7, 11) is 0. The zero-order valence-electron chi connectivity index (χ0n) is 44.9. The molecular formula is C50H76N6O20. The van der Waals surface area contributed by atoms with E-state index in [9.17, 15) is 59.1 Å². The molecule has 3 aliphatic heterocycles. The van der Waals surface area contributed by atoms with Crippen LogP contribution >= 0.6 is 0 Å². The Kier molecular flexibility index (Phi) is 19.9. The van der Waals surface area contributed by atoms with Crippen molar-refractivity contribution >= 4 is 42.1 Å². The van der Waals surface area contributed by atoms with Gasteiger partial charge in [-0.25, -0.2) is 19.2 Å². The third-order valence-electron chi connectivity index (χ3n) is 11.6. The fourth-order valence-corrected chi connectivity index (χ4v) is 8.45. The van der Waals surface area contributed by atoms with Crippen molar-refractivity contribution in [2.24, 2.45) is 0 Å². The summed E-state index contributed by atoms with van der Waals surface area (Å²) < 4.78 is 46.7. The number of rotatable bonds is 15. The molecule has 76 heavy (non-hydrogen) atoms. The third kappa shape index (κ3) is 17.1. The molecule has 14 atom stereocenters. The Bertz CT molecular complexity index is 2240. The first-order valence-corrected chi connectivity index (χ1v) is 25.0. The number of nitrogens with zero attached hydrogens (tertiary/aromatic N) is 1. The molecule has 1 aromatic carbocycles. The van der Waals surface area contributed by atoms with Gasteiger partial charge in [-0.15, -0.1) is 0 Å². The normalized spacial score (nSPS) is 29.3. The maximum atomic E-state index is 14.1. The number of carbonyl (C=O) groups is 7. The zero-order chi connectivity index (χ0) is 56.8. The van der Waals surface area contributed by atoms with E-state index in [-0.39, 0.29) is 17.7 Å². The number of fused-ring (bicyclic) bond motifs is 1. The fraction of sp³-hybridized carbons (Fsp3) is 0.700. The molecule has 26 nitrogen and oxygen atoms in total. The molecule has 1 aromatic rings. The van der Waals surface area contributed by atoms with Gasteiger partial charge in [0.15, 0.2) is 12.6 Å². The largest absolute Gasteiger partial charge is 0.444 e. The van der Waals surface area contributed by atoms with Crippen LogP contribution in [0.5, 0.6) is 0 Å². The Labute approximate surface area is 440 Å². The molecule has 26 heteroatoms. The van der Waals surface area contributed by atoms with Gasteiger partial charge in [-0.3, -0.25) is 19.3 Å². The minimum absolute atomic E-state index is 0.143. The summed E-state index contributed by atoms with van der Waals surface area (Å²) in [5, 5.41) is 70.1. The van der Waals surface area contributed by atoms with Crippen LogP contribution in [0.1, 0.15) is 117 Å². The number of hydrogen-bond donors (Lipinski definition) is 10. The number of aliphatic hydroxyl groups excluding tert-OH is 5. The number of carbonyl (C=O) groups excluding carboxylic acids is 7. The summed E-state index contributed by atoms with van der Waals surface area (Å²) in [5.41, 5.74) is -3.63. The van der Waals surface area contributed by atoms with Gasteiger partial charge in [-0.2, -0.15) is 0 Å². The monoisotopic (exact) mass is 1080 g/mol. The van der Waals surface area contributed by atoms with Gasteiger partial charge in [0.2, 0.25) is 5.91 Å². The molecule has 426 valence electrons. The maximum Gasteiger partial charge on any atom is 0.408 e. The van der Waals surface area contributed by atoms with Crippen molar-refractivity contribution in [2.45, 2.75) is 204 Å². The van der Waals surface area contributed by atoms with Gasteiger partial charge in [0, 0.05) is 13.0 Å². The Morgan fingerprint density at radius 2 is 1.13 bits per heavy atom. The smallest absolute Gasteiger partial charge is 0.408 e. The van der Waals surface area contributed by atoms with Crippen molar-refractivity contribution < 1.29 is 97.0 Å². The van der Waals surface area contributed by atoms with Crippen LogP contribution in [0.15, 0.2) is 36.4 Å². The first kappa shape index (κ1) is 61.1. The average Bonchev–Trinajstić information content (AvgIpc) is 3.52. The van der Waals surface area contributed by atoms with Gasteiger partial charge < -0.3 is 90.0 Å². The molecular weight excluding hydrogens is 1000 g/mol. The van der Waals surface area contributed by atoms with Crippen molar-refractivity contribution in [3.63, 3.8) is 0 Å². The van der Waals surface area contributed by atoms with Gasteiger partial charge in [0.25, 0.3) is 11.8 Å². The number of nitrogens with one attached hydrogen (secondary N) is 5. The number of ether oxygens (including phenoxy) is 8. The lowest BCUT2D eigenvalue weighted by molar-refractivity contribution is -0.314. The molecule has 1 saturated heterocycles. The molecule has 14 unspecified atom stereocenters.